The molecule has 2 fully saturated rings. The Hall–Kier alpha value is -3.40. The average molecular weight is 486 g/mol. The molecule has 2 aliphatic rings. The molecule has 1 aliphatic heterocycles. The van der Waals surface area contributed by atoms with E-state index >= 15 is 4.39 Å². The van der Waals surface area contributed by atoms with Gasteiger partial charge in [-0.2, -0.15) is 0 Å². The predicted octanol–water partition coefficient (Wildman–Crippen LogP) is 3.97. The van der Waals surface area contributed by atoms with Gasteiger partial charge in [-0.25, -0.2) is 18.0 Å². The van der Waals surface area contributed by atoms with Gasteiger partial charge in [0.25, 0.3) is 0 Å². The van der Waals surface area contributed by atoms with Gasteiger partial charge in [-0.05, 0) is 69.4 Å². The molecule has 3 aromatic rings. The number of aryl methyl sites for hydroxylation is 2. The van der Waals surface area contributed by atoms with Crippen molar-refractivity contribution in [2.45, 2.75) is 56.7 Å². The van der Waals surface area contributed by atoms with Crippen molar-refractivity contribution in [3.8, 4) is 0 Å². The molecule has 3 N–H and O–H groups in total. The van der Waals surface area contributed by atoms with E-state index in [2.05, 4.69) is 20.8 Å². The summed E-state index contributed by atoms with van der Waals surface area (Å²) in [6, 6.07) is 3.72. The van der Waals surface area contributed by atoms with Crippen LogP contribution < -0.4 is 10.6 Å². The third-order valence-corrected chi connectivity index (χ3v) is 7.34. The van der Waals surface area contributed by atoms with E-state index in [-0.39, 0.29) is 17.2 Å². The Bertz CT molecular complexity index is 1250. The first-order valence-electron chi connectivity index (χ1n) is 11.5. The highest BCUT2D eigenvalue weighted by molar-refractivity contribution is 5.77. The Balaban J connectivity index is 1.65. The summed E-state index contributed by atoms with van der Waals surface area (Å²) < 4.78 is 48.5. The molecule has 3 heterocycles. The molecular formula is C25H25F3N4O3. The number of nitrogens with zero attached hydrogens (tertiary/aromatic N) is 2. The molecule has 7 nitrogen and oxygen atoms in total. The number of aliphatic hydroxyl groups is 1. The molecule has 184 valence electrons. The third kappa shape index (κ3) is 3.95. The maximum absolute atomic E-state index is 15.2. The first kappa shape index (κ1) is 23.3. The summed E-state index contributed by atoms with van der Waals surface area (Å²) in [5.74, 6) is -2.40. The molecule has 2 aromatic heterocycles. The van der Waals surface area contributed by atoms with Crippen LogP contribution in [0.3, 0.4) is 0 Å². The number of carbonyl (C=O) groups excluding carboxylic acids is 1. The molecule has 0 radical (unpaired) electrons. The van der Waals surface area contributed by atoms with Crippen LogP contribution in [0.2, 0.25) is 0 Å². The fraction of sp³-hybridized carbons (Fsp3) is 0.400. The Morgan fingerprint density at radius 3 is 2.54 bits per heavy atom. The van der Waals surface area contributed by atoms with Gasteiger partial charge in [-0.3, -0.25) is 4.98 Å². The smallest absolute Gasteiger partial charge is 0.315 e. The zero-order valence-electron chi connectivity index (χ0n) is 19.2. The van der Waals surface area contributed by atoms with E-state index in [1.165, 1.54) is 6.07 Å². The number of nitrogens with one attached hydrogen (secondary N) is 2. The number of benzene rings is 1. The maximum atomic E-state index is 15.2. The van der Waals surface area contributed by atoms with E-state index in [0.29, 0.717) is 25.0 Å². The van der Waals surface area contributed by atoms with Crippen molar-refractivity contribution in [2.75, 3.05) is 0 Å². The number of rotatable bonds is 4. The second-order valence-corrected chi connectivity index (χ2v) is 9.36. The van der Waals surface area contributed by atoms with E-state index in [1.807, 2.05) is 13.8 Å². The van der Waals surface area contributed by atoms with Gasteiger partial charge in [0.1, 0.15) is 28.8 Å². The highest BCUT2D eigenvalue weighted by atomic mass is 19.1. The van der Waals surface area contributed by atoms with Gasteiger partial charge >= 0.3 is 6.03 Å². The molecule has 2 amide bonds. The van der Waals surface area contributed by atoms with Crippen LogP contribution in [0.5, 0.6) is 0 Å². The van der Waals surface area contributed by atoms with E-state index in [1.54, 1.807) is 0 Å². The van der Waals surface area contributed by atoms with Crippen molar-refractivity contribution in [3.63, 3.8) is 0 Å². The predicted molar refractivity (Wildman–Crippen MR) is 119 cm³/mol. The third-order valence-electron chi connectivity index (χ3n) is 7.34. The molecule has 0 spiro atoms. The summed E-state index contributed by atoms with van der Waals surface area (Å²) >= 11 is 0. The number of amides is 2. The number of carbonyl (C=O) groups is 1. The van der Waals surface area contributed by atoms with Gasteiger partial charge in [0, 0.05) is 17.0 Å². The van der Waals surface area contributed by atoms with Crippen LogP contribution in [-0.2, 0) is 5.60 Å². The Labute approximate surface area is 199 Å². The van der Waals surface area contributed by atoms with Crippen LogP contribution in [0, 0.1) is 37.2 Å². The average Bonchev–Trinajstić information content (AvgIpc) is 3.29. The van der Waals surface area contributed by atoms with Gasteiger partial charge in [0.15, 0.2) is 0 Å². The summed E-state index contributed by atoms with van der Waals surface area (Å²) in [5, 5.41) is 22.1. The first-order valence-corrected chi connectivity index (χ1v) is 11.5. The molecule has 1 aromatic carbocycles. The standard InChI is InChI=1S/C25H25F3N4O3/c1-12-22(13(2)35-32-12)14-3-6-17(23-20(9-14)30-24(33)31-23)25(34,21-8-5-16(27)11-29-21)18-10-15(26)4-7-19(18)28/h4-5,7-8,10-11,14,17,20,23,34H,3,6,9H2,1-2H3,(H2,30,31,33). The van der Waals surface area contributed by atoms with E-state index in [0.717, 1.165) is 41.7 Å². The minimum absolute atomic E-state index is 0.0379. The number of aromatic nitrogens is 2. The molecule has 1 saturated heterocycles. The van der Waals surface area contributed by atoms with Gasteiger partial charge in [0.05, 0.1) is 29.7 Å². The van der Waals surface area contributed by atoms with Crippen molar-refractivity contribution in [2.24, 2.45) is 5.92 Å². The van der Waals surface area contributed by atoms with Gasteiger partial charge < -0.3 is 20.3 Å². The number of hydrogen-bond donors (Lipinski definition) is 3. The second-order valence-electron chi connectivity index (χ2n) is 9.36. The number of fused-ring (bicyclic) bond motifs is 1. The fourth-order valence-electron chi connectivity index (χ4n) is 5.85. The lowest BCUT2D eigenvalue weighted by Gasteiger charge is -2.40. The monoisotopic (exact) mass is 486 g/mol. The highest BCUT2D eigenvalue weighted by Gasteiger charge is 2.53. The lowest BCUT2D eigenvalue weighted by Crippen LogP contribution is -2.51. The van der Waals surface area contributed by atoms with Gasteiger partial charge in [0.2, 0.25) is 0 Å². The fourth-order valence-corrected chi connectivity index (χ4v) is 5.85. The Morgan fingerprint density at radius 2 is 1.86 bits per heavy atom. The van der Waals surface area contributed by atoms with Crippen molar-refractivity contribution >= 4 is 6.03 Å². The molecule has 5 unspecified atom stereocenters. The zero-order valence-corrected chi connectivity index (χ0v) is 19.2. The molecular weight excluding hydrogens is 461 g/mol. The number of urea groups is 1. The van der Waals surface area contributed by atoms with Crippen LogP contribution in [0.25, 0.3) is 0 Å². The SMILES string of the molecule is Cc1noc(C)c1C1CCC(C(O)(c2ccc(F)cn2)c2cc(F)ccc2F)C2NC(=O)NC2C1. The highest BCUT2D eigenvalue weighted by Crippen LogP contribution is 2.47. The van der Waals surface area contributed by atoms with Crippen LogP contribution >= 0.6 is 0 Å². The summed E-state index contributed by atoms with van der Waals surface area (Å²) in [5.41, 5.74) is -0.839. The molecule has 1 aliphatic carbocycles. The Kier molecular flexibility index (Phi) is 5.79. The largest absolute Gasteiger partial charge is 0.378 e. The molecule has 5 atom stereocenters. The Morgan fingerprint density at radius 1 is 1.09 bits per heavy atom. The zero-order chi connectivity index (χ0) is 24.9. The molecule has 35 heavy (non-hydrogen) atoms. The molecule has 10 heteroatoms. The summed E-state index contributed by atoms with van der Waals surface area (Å²) in [6.45, 7) is 3.67. The van der Waals surface area contributed by atoms with Crippen molar-refractivity contribution in [3.05, 3.63) is 82.3 Å². The number of hydrogen-bond acceptors (Lipinski definition) is 5. The molecule has 1 saturated carbocycles. The summed E-state index contributed by atoms with van der Waals surface area (Å²) in [4.78, 5) is 16.5. The van der Waals surface area contributed by atoms with Crippen LogP contribution in [-0.4, -0.2) is 33.4 Å². The van der Waals surface area contributed by atoms with Crippen molar-refractivity contribution < 1.29 is 27.6 Å². The van der Waals surface area contributed by atoms with E-state index < -0.39 is 47.1 Å². The van der Waals surface area contributed by atoms with Gasteiger partial charge in [-0.1, -0.05) is 5.16 Å². The normalized spacial score (nSPS) is 25.8. The van der Waals surface area contributed by atoms with E-state index in [9.17, 15) is 18.7 Å². The second kappa shape index (κ2) is 8.67. The maximum Gasteiger partial charge on any atom is 0.315 e. The van der Waals surface area contributed by atoms with Gasteiger partial charge in [-0.15, -0.1) is 0 Å². The lowest BCUT2D eigenvalue weighted by molar-refractivity contribution is -0.00995. The lowest BCUT2D eigenvalue weighted by atomic mass is 9.72. The minimum Gasteiger partial charge on any atom is -0.378 e. The summed E-state index contributed by atoms with van der Waals surface area (Å²) in [6.07, 6.45) is 2.33. The van der Waals surface area contributed by atoms with Crippen LogP contribution in [0.1, 0.15) is 53.5 Å². The van der Waals surface area contributed by atoms with Crippen LogP contribution in [0.4, 0.5) is 18.0 Å². The summed E-state index contributed by atoms with van der Waals surface area (Å²) in [7, 11) is 0. The van der Waals surface area contributed by atoms with E-state index in [4.69, 9.17) is 4.52 Å². The topological polar surface area (TPSA) is 100 Å². The number of pyridine rings is 1. The number of halogens is 3. The molecule has 0 bridgehead atoms. The van der Waals surface area contributed by atoms with Crippen molar-refractivity contribution in [1.82, 2.24) is 20.8 Å². The van der Waals surface area contributed by atoms with Crippen molar-refractivity contribution in [1.29, 1.82) is 0 Å². The van der Waals surface area contributed by atoms with Crippen LogP contribution in [0.15, 0.2) is 41.1 Å². The molecule has 5 rings (SSSR count). The minimum atomic E-state index is -2.16. The first-order chi connectivity index (χ1) is 16.7. The quantitative estimate of drug-likeness (QED) is 0.518.